The summed E-state index contributed by atoms with van der Waals surface area (Å²) in [5, 5.41) is 2.63. The molecule has 0 saturated heterocycles. The molecule has 2 aromatic rings. The molecule has 1 aliphatic carbocycles. The van der Waals surface area contributed by atoms with Gasteiger partial charge in [0.25, 0.3) is 5.91 Å². The zero-order chi connectivity index (χ0) is 21.2. The molecule has 0 radical (unpaired) electrons. The summed E-state index contributed by atoms with van der Waals surface area (Å²) in [4.78, 5) is 26.5. The molecule has 7 nitrogen and oxygen atoms in total. The van der Waals surface area contributed by atoms with Crippen LogP contribution in [0.25, 0.3) is 0 Å². The molecule has 0 aliphatic heterocycles. The Morgan fingerprint density at radius 3 is 2.41 bits per heavy atom. The van der Waals surface area contributed by atoms with E-state index in [1.54, 1.807) is 13.8 Å². The van der Waals surface area contributed by atoms with Crippen molar-refractivity contribution in [1.82, 2.24) is 4.72 Å². The minimum Gasteiger partial charge on any atom is -0.448 e. The first-order valence-corrected chi connectivity index (χ1v) is 11.7. The first kappa shape index (κ1) is 21.5. The van der Waals surface area contributed by atoms with Crippen LogP contribution in [0.4, 0.5) is 5.69 Å². The number of sulfonamides is 1. The van der Waals surface area contributed by atoms with E-state index in [4.69, 9.17) is 4.74 Å². The Hall–Kier alpha value is -2.23. The molecule has 1 heterocycles. The van der Waals surface area contributed by atoms with E-state index >= 15 is 0 Å². The zero-order valence-electron chi connectivity index (χ0n) is 16.5. The number of ether oxygens (including phenoxy) is 1. The summed E-state index contributed by atoms with van der Waals surface area (Å²) < 4.78 is 32.0. The highest BCUT2D eigenvalue weighted by Crippen LogP contribution is 2.31. The quantitative estimate of drug-likeness (QED) is 0.650. The van der Waals surface area contributed by atoms with Gasteiger partial charge in [-0.05, 0) is 75.9 Å². The summed E-state index contributed by atoms with van der Waals surface area (Å²) in [6.45, 7) is 4.97. The van der Waals surface area contributed by atoms with E-state index < -0.39 is 28.0 Å². The van der Waals surface area contributed by atoms with E-state index in [1.165, 1.54) is 53.0 Å². The topological polar surface area (TPSA) is 102 Å². The summed E-state index contributed by atoms with van der Waals surface area (Å²) in [6, 6.07) is 7.43. The van der Waals surface area contributed by atoms with Crippen LogP contribution in [0.15, 0.2) is 35.2 Å². The number of rotatable bonds is 7. The molecule has 2 N–H and O–H groups in total. The normalized spacial score (nSPS) is 14.5. The van der Waals surface area contributed by atoms with E-state index in [2.05, 4.69) is 10.0 Å². The predicted octanol–water partition coefficient (Wildman–Crippen LogP) is 3.11. The Labute approximate surface area is 174 Å². The van der Waals surface area contributed by atoms with Gasteiger partial charge in [-0.3, -0.25) is 4.79 Å². The van der Waals surface area contributed by atoms with E-state index in [-0.39, 0.29) is 10.9 Å². The summed E-state index contributed by atoms with van der Waals surface area (Å²) in [5.74, 6) is -0.994. The van der Waals surface area contributed by atoms with Gasteiger partial charge in [0.1, 0.15) is 4.88 Å². The molecule has 1 aliphatic rings. The molecule has 0 fully saturated rings. The smallest absolute Gasteiger partial charge is 0.349 e. The highest BCUT2D eigenvalue weighted by atomic mass is 32.2. The Morgan fingerprint density at radius 1 is 1.10 bits per heavy atom. The van der Waals surface area contributed by atoms with Gasteiger partial charge < -0.3 is 10.1 Å². The third-order valence-corrected chi connectivity index (χ3v) is 7.32. The Bertz CT molecular complexity index is 988. The third kappa shape index (κ3) is 5.23. The molecule has 0 spiro atoms. The zero-order valence-corrected chi connectivity index (χ0v) is 18.2. The first-order valence-electron chi connectivity index (χ1n) is 9.41. The second-order valence-corrected chi connectivity index (χ2v) is 10.1. The van der Waals surface area contributed by atoms with Gasteiger partial charge in [0.05, 0.1) is 4.90 Å². The molecule has 1 aromatic heterocycles. The van der Waals surface area contributed by atoms with Crippen molar-refractivity contribution >= 4 is 38.9 Å². The number of anilines is 1. The van der Waals surface area contributed by atoms with Crippen molar-refractivity contribution in [2.45, 2.75) is 57.1 Å². The molecule has 1 aromatic carbocycles. The number of esters is 1. The summed E-state index contributed by atoms with van der Waals surface area (Å²) in [5.41, 5.74) is 1.61. The van der Waals surface area contributed by atoms with Crippen LogP contribution in [0.2, 0.25) is 0 Å². The number of fused-ring (bicyclic) bond motifs is 1. The van der Waals surface area contributed by atoms with Gasteiger partial charge >= 0.3 is 5.97 Å². The summed E-state index contributed by atoms with van der Waals surface area (Å²) in [7, 11) is -3.60. The maximum Gasteiger partial charge on any atom is 0.349 e. The SMILES string of the molecule is CC(C)NS(=O)(=O)c1ccc(NC(=O)C(C)OC(=O)c2cc3c(s2)CCC3)cc1. The van der Waals surface area contributed by atoms with Crippen LogP contribution in [0.5, 0.6) is 0 Å². The number of aryl methyl sites for hydroxylation is 2. The van der Waals surface area contributed by atoms with Crippen molar-refractivity contribution in [3.63, 3.8) is 0 Å². The van der Waals surface area contributed by atoms with Crippen LogP contribution in [-0.2, 0) is 32.4 Å². The maximum atomic E-state index is 12.3. The number of hydrogen-bond acceptors (Lipinski definition) is 6. The fourth-order valence-corrected chi connectivity index (χ4v) is 5.43. The van der Waals surface area contributed by atoms with Gasteiger partial charge in [0.15, 0.2) is 6.10 Å². The average molecular weight is 437 g/mol. The highest BCUT2D eigenvalue weighted by Gasteiger charge is 2.23. The van der Waals surface area contributed by atoms with Crippen LogP contribution in [0.3, 0.4) is 0 Å². The average Bonchev–Trinajstić information content (AvgIpc) is 3.23. The highest BCUT2D eigenvalue weighted by molar-refractivity contribution is 7.89. The van der Waals surface area contributed by atoms with E-state index in [0.717, 1.165) is 19.3 Å². The van der Waals surface area contributed by atoms with Gasteiger partial charge in [0, 0.05) is 16.6 Å². The first-order chi connectivity index (χ1) is 13.7. The van der Waals surface area contributed by atoms with Crippen molar-refractivity contribution in [3.05, 3.63) is 45.6 Å². The molecule has 1 unspecified atom stereocenters. The Morgan fingerprint density at radius 2 is 1.79 bits per heavy atom. The molecule has 0 saturated carbocycles. The van der Waals surface area contributed by atoms with Crippen molar-refractivity contribution in [1.29, 1.82) is 0 Å². The van der Waals surface area contributed by atoms with Crippen LogP contribution in [-0.4, -0.2) is 32.4 Å². The summed E-state index contributed by atoms with van der Waals surface area (Å²) in [6.07, 6.45) is 2.10. The minimum absolute atomic E-state index is 0.106. The Balaban J connectivity index is 1.58. The lowest BCUT2D eigenvalue weighted by Crippen LogP contribution is -2.30. The fourth-order valence-electron chi connectivity index (χ4n) is 3.04. The molecule has 1 amide bonds. The van der Waals surface area contributed by atoms with Gasteiger partial charge in [0.2, 0.25) is 10.0 Å². The van der Waals surface area contributed by atoms with Gasteiger partial charge in [-0.25, -0.2) is 17.9 Å². The van der Waals surface area contributed by atoms with E-state index in [1.807, 2.05) is 6.07 Å². The second kappa shape index (κ2) is 8.64. The Kier molecular flexibility index (Phi) is 6.40. The van der Waals surface area contributed by atoms with Crippen LogP contribution in [0, 0.1) is 0 Å². The number of benzene rings is 1. The van der Waals surface area contributed by atoms with Crippen molar-refractivity contribution in [2.75, 3.05) is 5.32 Å². The molecule has 9 heteroatoms. The molecule has 0 bridgehead atoms. The number of thiophene rings is 1. The minimum atomic E-state index is -3.60. The van der Waals surface area contributed by atoms with Gasteiger partial charge in [-0.2, -0.15) is 0 Å². The number of nitrogens with one attached hydrogen (secondary N) is 2. The number of amides is 1. The van der Waals surface area contributed by atoms with Gasteiger partial charge in [-0.1, -0.05) is 0 Å². The molecule has 3 rings (SSSR count). The predicted molar refractivity (Wildman–Crippen MR) is 112 cm³/mol. The van der Waals surface area contributed by atoms with Crippen LogP contribution < -0.4 is 10.0 Å². The molecule has 156 valence electrons. The van der Waals surface area contributed by atoms with Crippen LogP contribution >= 0.6 is 11.3 Å². The monoisotopic (exact) mass is 436 g/mol. The number of carbonyl (C=O) groups is 2. The van der Waals surface area contributed by atoms with Crippen molar-refractivity contribution < 1.29 is 22.7 Å². The lowest BCUT2D eigenvalue weighted by molar-refractivity contribution is -0.123. The molecule has 29 heavy (non-hydrogen) atoms. The maximum absolute atomic E-state index is 12.3. The third-order valence-electron chi connectivity index (χ3n) is 4.42. The van der Waals surface area contributed by atoms with Crippen molar-refractivity contribution in [3.8, 4) is 0 Å². The lowest BCUT2D eigenvalue weighted by Gasteiger charge is -2.14. The largest absolute Gasteiger partial charge is 0.448 e. The van der Waals surface area contributed by atoms with Gasteiger partial charge in [-0.15, -0.1) is 11.3 Å². The lowest BCUT2D eigenvalue weighted by atomic mass is 10.2. The second-order valence-electron chi connectivity index (χ2n) is 7.25. The molecular formula is C20H24N2O5S2. The summed E-state index contributed by atoms with van der Waals surface area (Å²) >= 11 is 1.43. The molecule has 1 atom stereocenters. The number of carbonyl (C=O) groups excluding carboxylic acids is 2. The van der Waals surface area contributed by atoms with E-state index in [9.17, 15) is 18.0 Å². The van der Waals surface area contributed by atoms with Crippen LogP contribution in [0.1, 0.15) is 47.3 Å². The fraction of sp³-hybridized carbons (Fsp3) is 0.400. The van der Waals surface area contributed by atoms with E-state index in [0.29, 0.717) is 10.6 Å². The standard InChI is InChI=1S/C20H24N2O5S2/c1-12(2)22-29(25,26)16-9-7-15(8-10-16)21-19(23)13(3)27-20(24)18-11-14-5-4-6-17(14)28-18/h7-13,22H,4-6H2,1-3H3,(H,21,23). The number of hydrogen-bond donors (Lipinski definition) is 2. The molecular weight excluding hydrogens is 412 g/mol. The van der Waals surface area contributed by atoms with Crippen molar-refractivity contribution in [2.24, 2.45) is 0 Å².